The highest BCUT2D eigenvalue weighted by molar-refractivity contribution is 5.41. The molecule has 1 unspecified atom stereocenters. The number of nitrogens with zero attached hydrogens (tertiary/aromatic N) is 2. The lowest BCUT2D eigenvalue weighted by molar-refractivity contribution is 0.395. The fourth-order valence-corrected chi connectivity index (χ4v) is 1.84. The minimum absolute atomic E-state index is 0.400. The van der Waals surface area contributed by atoms with Crippen LogP contribution < -0.4 is 15.8 Å². The molecule has 0 aliphatic rings. The summed E-state index contributed by atoms with van der Waals surface area (Å²) in [6.07, 6.45) is 3.22. The van der Waals surface area contributed by atoms with Gasteiger partial charge in [0.2, 0.25) is 5.88 Å². The van der Waals surface area contributed by atoms with E-state index in [9.17, 15) is 0 Å². The molecule has 0 aliphatic heterocycles. The summed E-state index contributed by atoms with van der Waals surface area (Å²) in [5.41, 5.74) is 6.61. The molecule has 3 N–H and O–H groups in total. The highest BCUT2D eigenvalue weighted by atomic mass is 16.5. The van der Waals surface area contributed by atoms with Crippen molar-refractivity contribution in [3.8, 4) is 5.88 Å². The molecule has 0 radical (unpaired) electrons. The zero-order valence-corrected chi connectivity index (χ0v) is 11.1. The van der Waals surface area contributed by atoms with Crippen molar-refractivity contribution in [1.82, 2.24) is 9.97 Å². The number of ether oxygens (including phenoxy) is 1. The zero-order valence-electron chi connectivity index (χ0n) is 11.1. The normalized spacial score (nSPS) is 13.6. The van der Waals surface area contributed by atoms with Gasteiger partial charge in [0.05, 0.1) is 25.0 Å². The summed E-state index contributed by atoms with van der Waals surface area (Å²) in [7, 11) is 1.56. The van der Waals surface area contributed by atoms with Gasteiger partial charge < -0.3 is 15.8 Å². The smallest absolute Gasteiger partial charge is 0.233 e. The first-order chi connectivity index (χ1) is 9.18. The summed E-state index contributed by atoms with van der Waals surface area (Å²) in [5.74, 6) is 1.11. The van der Waals surface area contributed by atoms with E-state index in [1.807, 2.05) is 37.3 Å². The van der Waals surface area contributed by atoms with Gasteiger partial charge in [0, 0.05) is 6.54 Å². The van der Waals surface area contributed by atoms with E-state index >= 15 is 0 Å². The lowest BCUT2D eigenvalue weighted by Gasteiger charge is -2.30. The second kappa shape index (κ2) is 5.67. The lowest BCUT2D eigenvalue weighted by atomic mass is 9.92. The topological polar surface area (TPSA) is 73.1 Å². The molecule has 1 heterocycles. The Morgan fingerprint density at radius 1 is 1.26 bits per heavy atom. The van der Waals surface area contributed by atoms with Crippen molar-refractivity contribution < 1.29 is 4.74 Å². The second-order valence-corrected chi connectivity index (χ2v) is 4.47. The van der Waals surface area contributed by atoms with Crippen molar-refractivity contribution in [2.75, 3.05) is 19.0 Å². The van der Waals surface area contributed by atoms with Gasteiger partial charge in [-0.05, 0) is 12.5 Å². The molecule has 0 fully saturated rings. The van der Waals surface area contributed by atoms with Crippen LogP contribution in [0, 0.1) is 0 Å². The first-order valence-corrected chi connectivity index (χ1v) is 6.08. The average molecular weight is 258 g/mol. The van der Waals surface area contributed by atoms with Crippen LogP contribution in [0.3, 0.4) is 0 Å². The molecule has 0 spiro atoms. The van der Waals surface area contributed by atoms with E-state index in [-0.39, 0.29) is 0 Å². The van der Waals surface area contributed by atoms with Crippen LogP contribution in [0.5, 0.6) is 5.88 Å². The van der Waals surface area contributed by atoms with Gasteiger partial charge >= 0.3 is 0 Å². The molecule has 1 aromatic heterocycles. The SMILES string of the molecule is COc1cncc(NC(C)(CN)c2ccccc2)n1. The number of rotatable bonds is 5. The molecular formula is C14H18N4O. The van der Waals surface area contributed by atoms with E-state index in [0.29, 0.717) is 18.2 Å². The molecule has 5 heteroatoms. The van der Waals surface area contributed by atoms with Gasteiger partial charge in [0.15, 0.2) is 0 Å². The van der Waals surface area contributed by atoms with Crippen LogP contribution >= 0.6 is 0 Å². The first kappa shape index (κ1) is 13.3. The Bertz CT molecular complexity index is 532. The molecule has 0 aliphatic carbocycles. The molecule has 2 rings (SSSR count). The van der Waals surface area contributed by atoms with Crippen molar-refractivity contribution in [2.45, 2.75) is 12.5 Å². The third-order valence-corrected chi connectivity index (χ3v) is 3.04. The first-order valence-electron chi connectivity index (χ1n) is 6.08. The maximum absolute atomic E-state index is 5.92. The number of methoxy groups -OCH3 is 1. The minimum Gasteiger partial charge on any atom is -0.480 e. The molecule has 1 aromatic carbocycles. The number of hydrogen-bond donors (Lipinski definition) is 2. The largest absolute Gasteiger partial charge is 0.480 e. The molecule has 0 amide bonds. The van der Waals surface area contributed by atoms with E-state index in [4.69, 9.17) is 10.5 Å². The Hall–Kier alpha value is -2.14. The molecule has 2 aromatic rings. The van der Waals surface area contributed by atoms with E-state index < -0.39 is 5.54 Å². The Morgan fingerprint density at radius 2 is 2.00 bits per heavy atom. The molecule has 0 bridgehead atoms. The van der Waals surface area contributed by atoms with E-state index in [0.717, 1.165) is 5.56 Å². The number of benzene rings is 1. The summed E-state index contributed by atoms with van der Waals surface area (Å²) in [6.45, 7) is 2.47. The third kappa shape index (κ3) is 3.00. The third-order valence-electron chi connectivity index (χ3n) is 3.04. The standard InChI is InChI=1S/C14H18N4O/c1-14(10-15,11-6-4-3-5-7-11)18-12-8-16-9-13(17-12)19-2/h3-9H,10,15H2,1-2H3,(H,17,18). The van der Waals surface area contributed by atoms with Crippen molar-refractivity contribution in [3.63, 3.8) is 0 Å². The van der Waals surface area contributed by atoms with Crippen molar-refractivity contribution in [2.24, 2.45) is 5.73 Å². The molecule has 100 valence electrons. The molecule has 0 saturated heterocycles. The van der Waals surface area contributed by atoms with Gasteiger partial charge in [-0.25, -0.2) is 0 Å². The van der Waals surface area contributed by atoms with Crippen LogP contribution in [0.25, 0.3) is 0 Å². The molecule has 5 nitrogen and oxygen atoms in total. The number of hydrogen-bond acceptors (Lipinski definition) is 5. The van der Waals surface area contributed by atoms with Gasteiger partial charge in [0.1, 0.15) is 5.82 Å². The summed E-state index contributed by atoms with van der Waals surface area (Å²) < 4.78 is 5.06. The molecule has 0 saturated carbocycles. The van der Waals surface area contributed by atoms with Gasteiger partial charge in [-0.3, -0.25) is 4.98 Å². The van der Waals surface area contributed by atoms with Crippen molar-refractivity contribution in [1.29, 1.82) is 0 Å². The Labute approximate surface area is 112 Å². The van der Waals surface area contributed by atoms with E-state index in [2.05, 4.69) is 15.3 Å². The van der Waals surface area contributed by atoms with Crippen LogP contribution in [-0.2, 0) is 5.54 Å². The number of aromatic nitrogens is 2. The predicted octanol–water partition coefficient (Wildman–Crippen LogP) is 1.77. The van der Waals surface area contributed by atoms with Crippen LogP contribution in [0.15, 0.2) is 42.7 Å². The molecular weight excluding hydrogens is 240 g/mol. The quantitative estimate of drug-likeness (QED) is 0.855. The van der Waals surface area contributed by atoms with Crippen LogP contribution in [-0.4, -0.2) is 23.6 Å². The summed E-state index contributed by atoms with van der Waals surface area (Å²) in [5, 5.41) is 3.32. The monoisotopic (exact) mass is 258 g/mol. The van der Waals surface area contributed by atoms with Crippen molar-refractivity contribution in [3.05, 3.63) is 48.3 Å². The summed E-state index contributed by atoms with van der Waals surface area (Å²) in [6, 6.07) is 10.0. The number of nitrogens with two attached hydrogens (primary N) is 1. The summed E-state index contributed by atoms with van der Waals surface area (Å²) in [4.78, 5) is 8.38. The molecule has 1 atom stereocenters. The fraction of sp³-hybridized carbons (Fsp3) is 0.286. The van der Waals surface area contributed by atoms with E-state index in [1.54, 1.807) is 19.5 Å². The lowest BCUT2D eigenvalue weighted by Crippen LogP contribution is -2.40. The Kier molecular flexibility index (Phi) is 3.97. The van der Waals surface area contributed by atoms with Crippen LogP contribution in [0.1, 0.15) is 12.5 Å². The Balaban J connectivity index is 2.27. The highest BCUT2D eigenvalue weighted by Gasteiger charge is 2.25. The minimum atomic E-state index is -0.400. The van der Waals surface area contributed by atoms with Gasteiger partial charge in [0.25, 0.3) is 0 Å². The van der Waals surface area contributed by atoms with Crippen molar-refractivity contribution >= 4 is 5.82 Å². The van der Waals surface area contributed by atoms with Gasteiger partial charge in [-0.2, -0.15) is 4.98 Å². The number of anilines is 1. The van der Waals surface area contributed by atoms with Crippen LogP contribution in [0.4, 0.5) is 5.82 Å². The van der Waals surface area contributed by atoms with E-state index in [1.165, 1.54) is 0 Å². The van der Waals surface area contributed by atoms with Gasteiger partial charge in [-0.15, -0.1) is 0 Å². The predicted molar refractivity (Wildman–Crippen MR) is 75.1 cm³/mol. The Morgan fingerprint density at radius 3 is 2.63 bits per heavy atom. The van der Waals surface area contributed by atoms with Gasteiger partial charge in [-0.1, -0.05) is 30.3 Å². The van der Waals surface area contributed by atoms with Crippen LogP contribution in [0.2, 0.25) is 0 Å². The second-order valence-electron chi connectivity index (χ2n) is 4.47. The summed E-state index contributed by atoms with van der Waals surface area (Å²) >= 11 is 0. The maximum Gasteiger partial charge on any atom is 0.233 e. The highest BCUT2D eigenvalue weighted by Crippen LogP contribution is 2.24. The maximum atomic E-state index is 5.92. The average Bonchev–Trinajstić information content (AvgIpc) is 2.48. The molecule has 19 heavy (non-hydrogen) atoms. The fourth-order valence-electron chi connectivity index (χ4n) is 1.84. The zero-order chi connectivity index (χ0) is 13.7. The number of nitrogens with one attached hydrogen (secondary N) is 1.